The fourth-order valence-corrected chi connectivity index (χ4v) is 8.77. The van der Waals surface area contributed by atoms with Crippen molar-refractivity contribution in [3.05, 3.63) is 22.9 Å². The summed E-state index contributed by atoms with van der Waals surface area (Å²) in [6.45, 7) is 8.33. The van der Waals surface area contributed by atoms with Crippen LogP contribution >= 0.6 is 0 Å². The van der Waals surface area contributed by atoms with Gasteiger partial charge in [0, 0.05) is 97.7 Å². The lowest BCUT2D eigenvalue weighted by Crippen LogP contribution is -2.64. The molecule has 0 aromatic heterocycles. The standard InChI is InChI=1S/C58H106N6O24/c1-38(2)58(35-82-31-20-45(73)59-23-12-6-9-15-28-85-55(80)48(62-39(3)68)51(76)42(71)18-26-65,36-83-32-21-46(74)60-24-13-7-10-16-29-86-56(81)49(63-40(4)69)52(77)43(72)19-27-66)37-84-33-22-47(75)61-25-14-8-11-17-30-87-57-50(64-41(5)70)54(79)53(78)44(34-67)88-57/h38,42-44,50,53-57,65-67,71-72,76-81H,6-37H2,1-5H3,(H,59,73)(H,60,74)(H,61,75)(H,62,68)(H,63,69)(H,64,70)/b51-48+,52-49+/t42-,43-,44?,50?,53-,54?,55-,56-,57+/m0/s1. The van der Waals surface area contributed by atoms with Crippen LogP contribution in [-0.2, 0) is 61.9 Å². The molecule has 1 saturated heterocycles. The molecule has 88 heavy (non-hydrogen) atoms. The molecule has 0 aliphatic carbocycles. The van der Waals surface area contributed by atoms with E-state index in [2.05, 4.69) is 31.9 Å². The second kappa shape index (κ2) is 48.1. The molecule has 0 aromatic carbocycles. The molecule has 0 saturated carbocycles. The van der Waals surface area contributed by atoms with Crippen LogP contribution in [0, 0.1) is 11.3 Å². The lowest BCUT2D eigenvalue weighted by atomic mass is 9.79. The van der Waals surface area contributed by atoms with E-state index >= 15 is 0 Å². The van der Waals surface area contributed by atoms with E-state index in [4.69, 9.17) is 43.4 Å². The predicted molar refractivity (Wildman–Crippen MR) is 316 cm³/mol. The Hall–Kier alpha value is -4.74. The van der Waals surface area contributed by atoms with E-state index in [1.54, 1.807) is 0 Å². The van der Waals surface area contributed by atoms with E-state index in [-0.39, 0.29) is 115 Å². The summed E-state index contributed by atoms with van der Waals surface area (Å²) in [5, 5.41) is 125. The topological polar surface area (TPSA) is 462 Å². The molecule has 1 aliphatic heterocycles. The van der Waals surface area contributed by atoms with Crippen molar-refractivity contribution in [2.75, 3.05) is 98.9 Å². The monoisotopic (exact) mass is 1270 g/mol. The number of aliphatic hydroxyl groups excluding tert-OH is 11. The first kappa shape index (κ1) is 81.3. The van der Waals surface area contributed by atoms with Gasteiger partial charge in [-0.05, 0) is 44.4 Å². The Kier molecular flexibility index (Phi) is 44.4. The molecule has 0 spiro atoms. The van der Waals surface area contributed by atoms with E-state index in [1.807, 2.05) is 13.8 Å². The second-order valence-corrected chi connectivity index (χ2v) is 22.0. The average Bonchev–Trinajstić information content (AvgIpc) is 3.42. The van der Waals surface area contributed by atoms with Crippen LogP contribution in [0.3, 0.4) is 0 Å². The second-order valence-electron chi connectivity index (χ2n) is 22.0. The highest BCUT2D eigenvalue weighted by Gasteiger charge is 2.45. The van der Waals surface area contributed by atoms with Gasteiger partial charge in [0.15, 0.2) is 18.9 Å². The third-order valence-electron chi connectivity index (χ3n) is 14.2. The molecule has 9 atom stereocenters. The Morgan fingerprint density at radius 3 is 1.23 bits per heavy atom. The quantitative estimate of drug-likeness (QED) is 0.0193. The van der Waals surface area contributed by atoms with Crippen LogP contribution in [0.25, 0.3) is 0 Å². The van der Waals surface area contributed by atoms with Crippen LogP contribution in [0.15, 0.2) is 22.9 Å². The molecular formula is C58H106N6O24. The first-order valence-electron chi connectivity index (χ1n) is 30.6. The van der Waals surface area contributed by atoms with Crippen molar-refractivity contribution in [3.63, 3.8) is 0 Å². The van der Waals surface area contributed by atoms with Crippen molar-refractivity contribution in [3.8, 4) is 0 Å². The van der Waals surface area contributed by atoms with E-state index in [0.29, 0.717) is 83.8 Å². The molecule has 17 N–H and O–H groups in total. The molecule has 30 heteroatoms. The number of ether oxygens (including phenoxy) is 7. The fourth-order valence-electron chi connectivity index (χ4n) is 8.77. The number of aliphatic hydroxyl groups is 11. The minimum absolute atomic E-state index is 0.0644. The van der Waals surface area contributed by atoms with E-state index in [9.17, 15) is 74.7 Å². The summed E-state index contributed by atoms with van der Waals surface area (Å²) in [6, 6.07) is -1.02. The van der Waals surface area contributed by atoms with Gasteiger partial charge in [-0.1, -0.05) is 52.4 Å². The minimum Gasteiger partial charge on any atom is -0.508 e. The maximum Gasteiger partial charge on any atom is 0.222 e. The first-order chi connectivity index (χ1) is 41.9. The smallest absolute Gasteiger partial charge is 0.222 e. The van der Waals surface area contributed by atoms with Crippen molar-refractivity contribution >= 4 is 35.4 Å². The van der Waals surface area contributed by atoms with Gasteiger partial charge in [-0.25, -0.2) is 0 Å². The van der Waals surface area contributed by atoms with Gasteiger partial charge in [-0.15, -0.1) is 0 Å². The Morgan fingerprint density at radius 2 is 0.886 bits per heavy atom. The van der Waals surface area contributed by atoms with Gasteiger partial charge >= 0.3 is 0 Å². The van der Waals surface area contributed by atoms with Gasteiger partial charge in [-0.3, -0.25) is 28.8 Å². The molecule has 512 valence electrons. The summed E-state index contributed by atoms with van der Waals surface area (Å²) in [5.41, 5.74) is -1.56. The first-order valence-corrected chi connectivity index (χ1v) is 30.6. The SMILES string of the molecule is CC(=O)N/C(=C(/O)[C@@H](O)CCO)[C@@H](O)OCCCCCCNC(=O)CCOCC(COCCC(=O)NCCCCCCO[C@@H]1OC(CO)[C@H](O)C(O)C1NC(C)=O)(COCCC(=O)NCCCCCCO[C@H](O)/C(NC(C)=O)=C(\O)[C@@H](O)CCO)C(C)C. The van der Waals surface area contributed by atoms with Crippen LogP contribution in [0.2, 0.25) is 0 Å². The van der Waals surface area contributed by atoms with Crippen molar-refractivity contribution < 1.29 is 118 Å². The van der Waals surface area contributed by atoms with Gasteiger partial charge in [0.1, 0.15) is 59.5 Å². The Balaban J connectivity index is 2.67. The van der Waals surface area contributed by atoms with Gasteiger partial charge in [0.25, 0.3) is 0 Å². The number of carbonyl (C=O) groups is 6. The van der Waals surface area contributed by atoms with Gasteiger partial charge in [0.2, 0.25) is 35.4 Å². The summed E-state index contributed by atoms with van der Waals surface area (Å²) in [6.07, 6.45) is -3.80. The number of hydrogen-bond donors (Lipinski definition) is 17. The van der Waals surface area contributed by atoms with Crippen LogP contribution in [0.4, 0.5) is 0 Å². The molecule has 3 unspecified atom stereocenters. The fraction of sp³-hybridized carbons (Fsp3) is 0.828. The molecule has 0 bridgehead atoms. The summed E-state index contributed by atoms with van der Waals surface area (Å²) in [5.74, 6) is -3.84. The molecule has 6 amide bonds. The highest BCUT2D eigenvalue weighted by atomic mass is 16.7. The van der Waals surface area contributed by atoms with Crippen molar-refractivity contribution in [2.45, 2.75) is 199 Å². The van der Waals surface area contributed by atoms with Crippen molar-refractivity contribution in [2.24, 2.45) is 11.3 Å². The maximum atomic E-state index is 12.8. The normalized spacial score (nSPS) is 19.5. The van der Waals surface area contributed by atoms with Crippen molar-refractivity contribution in [1.82, 2.24) is 31.9 Å². The molecule has 1 heterocycles. The molecule has 1 aliphatic rings. The zero-order valence-electron chi connectivity index (χ0n) is 52.1. The highest BCUT2D eigenvalue weighted by Crippen LogP contribution is 2.30. The summed E-state index contributed by atoms with van der Waals surface area (Å²) in [4.78, 5) is 73.2. The summed E-state index contributed by atoms with van der Waals surface area (Å²) >= 11 is 0. The number of unbranched alkanes of at least 4 members (excludes halogenated alkanes) is 9. The minimum atomic E-state index is -1.72. The lowest BCUT2D eigenvalue weighted by Gasteiger charge is -2.42. The number of amides is 6. The number of rotatable bonds is 52. The number of nitrogens with one attached hydrogen (secondary N) is 6. The summed E-state index contributed by atoms with van der Waals surface area (Å²) in [7, 11) is 0. The van der Waals surface area contributed by atoms with Crippen molar-refractivity contribution in [1.29, 1.82) is 0 Å². The van der Waals surface area contributed by atoms with Crippen LogP contribution < -0.4 is 31.9 Å². The highest BCUT2D eigenvalue weighted by molar-refractivity contribution is 5.77. The van der Waals surface area contributed by atoms with E-state index in [1.165, 1.54) is 6.92 Å². The van der Waals surface area contributed by atoms with Gasteiger partial charge < -0.3 is 121 Å². The van der Waals surface area contributed by atoms with Gasteiger partial charge in [-0.2, -0.15) is 0 Å². The Labute approximate surface area is 516 Å². The van der Waals surface area contributed by atoms with E-state index < -0.39 is 121 Å². The largest absolute Gasteiger partial charge is 0.508 e. The molecular weight excluding hydrogens is 1160 g/mol. The lowest BCUT2D eigenvalue weighted by molar-refractivity contribution is -0.270. The van der Waals surface area contributed by atoms with Gasteiger partial charge in [0.05, 0.1) is 59.5 Å². The van der Waals surface area contributed by atoms with Crippen LogP contribution in [0.5, 0.6) is 0 Å². The third kappa shape index (κ3) is 35.0. The third-order valence-corrected chi connectivity index (χ3v) is 14.2. The molecule has 0 aromatic rings. The zero-order valence-corrected chi connectivity index (χ0v) is 52.1. The number of carbonyl (C=O) groups excluding carboxylic acids is 6. The molecule has 0 radical (unpaired) electrons. The zero-order chi connectivity index (χ0) is 65.9. The summed E-state index contributed by atoms with van der Waals surface area (Å²) < 4.78 is 40.3. The molecule has 1 fully saturated rings. The van der Waals surface area contributed by atoms with E-state index in [0.717, 1.165) is 26.7 Å². The average molecular weight is 1270 g/mol. The number of hydrogen-bond acceptors (Lipinski definition) is 24. The maximum absolute atomic E-state index is 12.8. The van der Waals surface area contributed by atoms with Crippen LogP contribution in [0.1, 0.15) is 144 Å². The Bertz CT molecular complexity index is 1950. The van der Waals surface area contributed by atoms with Crippen LogP contribution in [-0.4, -0.2) is 246 Å². The molecule has 30 nitrogen and oxygen atoms in total. The molecule has 1 rings (SSSR count). The Morgan fingerprint density at radius 1 is 0.511 bits per heavy atom. The predicted octanol–water partition coefficient (Wildman–Crippen LogP) is -1.19.